The molecule has 2 aliphatic rings. The number of carbonyl (C=O) groups excluding carboxylic acids is 1. The molecule has 0 saturated heterocycles. The van der Waals surface area contributed by atoms with Gasteiger partial charge in [0.25, 0.3) is 0 Å². The predicted octanol–water partition coefficient (Wildman–Crippen LogP) is 3.55. The molecule has 0 radical (unpaired) electrons. The fourth-order valence-electron chi connectivity index (χ4n) is 3.26. The standard InChI is InChI=1S/C15H16ClNO2/c1-19-14-12(15(17-9-18)6-3-7-15)8-10-4-2-5-11(10)13(14)16/h8H,2-7H2,1H3. The van der Waals surface area contributed by atoms with E-state index in [1.807, 2.05) is 0 Å². The van der Waals surface area contributed by atoms with Crippen molar-refractivity contribution in [3.8, 4) is 5.75 Å². The van der Waals surface area contributed by atoms with E-state index < -0.39 is 5.54 Å². The summed E-state index contributed by atoms with van der Waals surface area (Å²) in [7, 11) is 1.63. The number of aryl methyl sites for hydroxylation is 1. The zero-order valence-corrected chi connectivity index (χ0v) is 11.7. The lowest BCUT2D eigenvalue weighted by molar-refractivity contribution is 0.246. The second kappa shape index (κ2) is 4.66. The minimum atomic E-state index is -0.450. The molecule has 2 aliphatic carbocycles. The van der Waals surface area contributed by atoms with Crippen molar-refractivity contribution < 1.29 is 9.53 Å². The van der Waals surface area contributed by atoms with E-state index in [-0.39, 0.29) is 0 Å². The average Bonchev–Trinajstić information content (AvgIpc) is 2.82. The van der Waals surface area contributed by atoms with Gasteiger partial charge in [-0.1, -0.05) is 11.6 Å². The fraction of sp³-hybridized carbons (Fsp3) is 0.533. The molecule has 0 N–H and O–H groups in total. The highest BCUT2D eigenvalue weighted by Crippen LogP contribution is 2.51. The van der Waals surface area contributed by atoms with Gasteiger partial charge in [0.1, 0.15) is 11.3 Å². The minimum Gasteiger partial charge on any atom is -0.495 e. The molecule has 19 heavy (non-hydrogen) atoms. The van der Waals surface area contributed by atoms with E-state index in [1.54, 1.807) is 13.2 Å². The summed E-state index contributed by atoms with van der Waals surface area (Å²) in [5, 5.41) is 0.708. The molecule has 0 aromatic heterocycles. The van der Waals surface area contributed by atoms with Crippen LogP contribution in [0.5, 0.6) is 5.75 Å². The van der Waals surface area contributed by atoms with Gasteiger partial charge in [-0.25, -0.2) is 4.79 Å². The Bertz CT molecular complexity index is 572. The van der Waals surface area contributed by atoms with E-state index in [1.165, 1.54) is 11.1 Å². The van der Waals surface area contributed by atoms with Crippen molar-refractivity contribution in [3.63, 3.8) is 0 Å². The number of methoxy groups -OCH3 is 1. The number of fused-ring (bicyclic) bond motifs is 1. The molecule has 3 rings (SSSR count). The van der Waals surface area contributed by atoms with E-state index in [9.17, 15) is 4.79 Å². The first-order valence-electron chi connectivity index (χ1n) is 6.69. The summed E-state index contributed by atoms with van der Waals surface area (Å²) < 4.78 is 5.51. The van der Waals surface area contributed by atoms with Gasteiger partial charge < -0.3 is 4.74 Å². The number of aliphatic imine (C=N–C) groups is 1. The maximum atomic E-state index is 10.7. The van der Waals surface area contributed by atoms with Gasteiger partial charge >= 0.3 is 0 Å². The van der Waals surface area contributed by atoms with Crippen LogP contribution in [-0.2, 0) is 23.2 Å². The van der Waals surface area contributed by atoms with Gasteiger partial charge in [0.05, 0.1) is 12.1 Å². The minimum absolute atomic E-state index is 0.450. The molecule has 0 heterocycles. The first-order valence-corrected chi connectivity index (χ1v) is 7.07. The third kappa shape index (κ3) is 1.80. The van der Waals surface area contributed by atoms with Crippen LogP contribution in [0.25, 0.3) is 0 Å². The van der Waals surface area contributed by atoms with Crippen LogP contribution >= 0.6 is 11.6 Å². The number of rotatable bonds is 3. The smallest absolute Gasteiger partial charge is 0.235 e. The van der Waals surface area contributed by atoms with Crippen LogP contribution in [0.15, 0.2) is 11.1 Å². The largest absolute Gasteiger partial charge is 0.495 e. The van der Waals surface area contributed by atoms with Crippen molar-refractivity contribution >= 4 is 17.7 Å². The SMILES string of the molecule is COc1c(C2(N=C=O)CCC2)cc2c(c1Cl)CCC2. The second-order valence-electron chi connectivity index (χ2n) is 5.35. The molecule has 0 spiro atoms. The van der Waals surface area contributed by atoms with E-state index in [0.29, 0.717) is 10.8 Å². The highest BCUT2D eigenvalue weighted by Gasteiger charge is 2.42. The van der Waals surface area contributed by atoms with Crippen LogP contribution in [0.4, 0.5) is 0 Å². The van der Waals surface area contributed by atoms with Crippen molar-refractivity contribution in [1.29, 1.82) is 0 Å². The normalized spacial score (nSPS) is 19.3. The van der Waals surface area contributed by atoms with Crippen molar-refractivity contribution in [2.45, 2.75) is 44.1 Å². The lowest BCUT2D eigenvalue weighted by Crippen LogP contribution is -2.32. The van der Waals surface area contributed by atoms with E-state index in [4.69, 9.17) is 16.3 Å². The summed E-state index contributed by atoms with van der Waals surface area (Å²) >= 11 is 6.48. The third-order valence-electron chi connectivity index (χ3n) is 4.43. The Kier molecular flexibility index (Phi) is 3.12. The van der Waals surface area contributed by atoms with Gasteiger partial charge in [-0.2, -0.15) is 4.99 Å². The van der Waals surface area contributed by atoms with Crippen LogP contribution in [0.3, 0.4) is 0 Å². The van der Waals surface area contributed by atoms with Crippen LogP contribution in [-0.4, -0.2) is 13.2 Å². The van der Waals surface area contributed by atoms with E-state index in [0.717, 1.165) is 44.1 Å². The molecule has 1 fully saturated rings. The van der Waals surface area contributed by atoms with Gasteiger partial charge in [0, 0.05) is 5.56 Å². The highest BCUT2D eigenvalue weighted by molar-refractivity contribution is 6.33. The topological polar surface area (TPSA) is 38.7 Å². The Balaban J connectivity index is 2.20. The maximum absolute atomic E-state index is 10.7. The number of ether oxygens (including phenoxy) is 1. The van der Waals surface area contributed by atoms with Crippen LogP contribution in [0.2, 0.25) is 5.02 Å². The van der Waals surface area contributed by atoms with Gasteiger partial charge in [0.2, 0.25) is 6.08 Å². The summed E-state index contributed by atoms with van der Waals surface area (Å²) in [6.45, 7) is 0. The van der Waals surface area contributed by atoms with E-state index >= 15 is 0 Å². The zero-order valence-electron chi connectivity index (χ0n) is 11.0. The molecule has 1 aromatic rings. The van der Waals surface area contributed by atoms with Crippen molar-refractivity contribution in [2.24, 2.45) is 4.99 Å². The van der Waals surface area contributed by atoms with Gasteiger partial charge in [0.15, 0.2) is 0 Å². The molecule has 0 atom stereocenters. The van der Waals surface area contributed by atoms with Crippen molar-refractivity contribution in [2.75, 3.05) is 7.11 Å². The Morgan fingerprint density at radius 1 is 1.37 bits per heavy atom. The number of nitrogens with zero attached hydrogens (tertiary/aromatic N) is 1. The molecular weight excluding hydrogens is 262 g/mol. The van der Waals surface area contributed by atoms with Crippen molar-refractivity contribution in [3.05, 3.63) is 27.8 Å². The Morgan fingerprint density at radius 3 is 2.74 bits per heavy atom. The maximum Gasteiger partial charge on any atom is 0.235 e. The molecule has 0 unspecified atom stereocenters. The molecule has 1 saturated carbocycles. The number of halogens is 1. The number of isocyanates is 1. The zero-order chi connectivity index (χ0) is 13.5. The van der Waals surface area contributed by atoms with Gasteiger partial charge in [-0.3, -0.25) is 0 Å². The van der Waals surface area contributed by atoms with Crippen LogP contribution < -0.4 is 4.74 Å². The molecule has 100 valence electrons. The van der Waals surface area contributed by atoms with Crippen molar-refractivity contribution in [1.82, 2.24) is 0 Å². The monoisotopic (exact) mass is 277 g/mol. The van der Waals surface area contributed by atoms with Crippen LogP contribution in [0, 0.1) is 0 Å². The summed E-state index contributed by atoms with van der Waals surface area (Å²) in [6.07, 6.45) is 7.72. The van der Waals surface area contributed by atoms with E-state index in [2.05, 4.69) is 11.1 Å². The Morgan fingerprint density at radius 2 is 2.16 bits per heavy atom. The summed E-state index contributed by atoms with van der Waals surface area (Å²) in [5.74, 6) is 0.695. The molecule has 0 aliphatic heterocycles. The van der Waals surface area contributed by atoms with Gasteiger partial charge in [-0.15, -0.1) is 0 Å². The molecule has 3 nitrogen and oxygen atoms in total. The number of hydrogen-bond donors (Lipinski definition) is 0. The second-order valence-corrected chi connectivity index (χ2v) is 5.73. The lowest BCUT2D eigenvalue weighted by atomic mass is 9.71. The molecule has 0 amide bonds. The molecule has 1 aromatic carbocycles. The quantitative estimate of drug-likeness (QED) is 0.626. The first kappa shape index (κ1) is 12.7. The highest BCUT2D eigenvalue weighted by atomic mass is 35.5. The number of hydrogen-bond acceptors (Lipinski definition) is 3. The third-order valence-corrected chi connectivity index (χ3v) is 4.83. The number of benzene rings is 1. The van der Waals surface area contributed by atoms with Gasteiger partial charge in [-0.05, 0) is 55.7 Å². The summed E-state index contributed by atoms with van der Waals surface area (Å²) in [5.41, 5.74) is 3.00. The van der Waals surface area contributed by atoms with Crippen LogP contribution in [0.1, 0.15) is 42.4 Å². The first-order chi connectivity index (χ1) is 9.22. The Labute approximate surface area is 117 Å². The molecular formula is C15H16ClNO2. The molecule has 4 heteroatoms. The lowest BCUT2D eigenvalue weighted by Gasteiger charge is -2.38. The molecule has 0 bridgehead atoms. The average molecular weight is 278 g/mol. The predicted molar refractivity (Wildman–Crippen MR) is 73.7 cm³/mol. The Hall–Kier alpha value is -1.31. The fourth-order valence-corrected chi connectivity index (χ4v) is 3.65. The summed E-state index contributed by atoms with van der Waals surface area (Å²) in [6, 6.07) is 2.15. The summed E-state index contributed by atoms with van der Waals surface area (Å²) in [4.78, 5) is 14.8.